The third-order valence-corrected chi connectivity index (χ3v) is 3.82. The molecule has 0 spiro atoms. The molecule has 0 unspecified atom stereocenters. The van der Waals surface area contributed by atoms with Gasteiger partial charge in [-0.15, -0.1) is 0 Å². The lowest BCUT2D eigenvalue weighted by Gasteiger charge is -2.36. The van der Waals surface area contributed by atoms with Gasteiger partial charge in [-0.3, -0.25) is 14.7 Å². The predicted octanol–water partition coefficient (Wildman–Crippen LogP) is 1.56. The molecule has 19 heavy (non-hydrogen) atoms. The summed E-state index contributed by atoms with van der Waals surface area (Å²) in [5.41, 5.74) is 0.185. The molecule has 3 N–H and O–H groups in total. The first-order chi connectivity index (χ1) is 9.11. The van der Waals surface area contributed by atoms with Gasteiger partial charge in [0.15, 0.2) is 0 Å². The molecule has 1 heterocycles. The summed E-state index contributed by atoms with van der Waals surface area (Å²) in [6, 6.07) is 0. The highest BCUT2D eigenvalue weighted by molar-refractivity contribution is 5.93. The number of rotatable bonds is 5. The maximum atomic E-state index is 11.9. The van der Waals surface area contributed by atoms with Gasteiger partial charge in [0.25, 0.3) is 5.91 Å². The fourth-order valence-corrected chi connectivity index (χ4v) is 2.78. The summed E-state index contributed by atoms with van der Waals surface area (Å²) >= 11 is 0. The Morgan fingerprint density at radius 1 is 1.37 bits per heavy atom. The zero-order valence-corrected chi connectivity index (χ0v) is 10.8. The van der Waals surface area contributed by atoms with Crippen LogP contribution in [0.25, 0.3) is 0 Å². The Balaban J connectivity index is 1.96. The summed E-state index contributed by atoms with van der Waals surface area (Å²) < 4.78 is 0. The fourth-order valence-electron chi connectivity index (χ4n) is 2.78. The minimum atomic E-state index is -0.792. The van der Waals surface area contributed by atoms with E-state index >= 15 is 0 Å². The Bertz CT molecular complexity index is 436. The van der Waals surface area contributed by atoms with Gasteiger partial charge in [0.2, 0.25) is 0 Å². The Morgan fingerprint density at radius 2 is 2.11 bits per heavy atom. The number of carbonyl (C=O) groups is 2. The van der Waals surface area contributed by atoms with Gasteiger partial charge in [-0.05, 0) is 18.3 Å². The van der Waals surface area contributed by atoms with Crippen LogP contribution in [0.15, 0.2) is 12.4 Å². The summed E-state index contributed by atoms with van der Waals surface area (Å²) in [5, 5.41) is 18.2. The number of aromatic amines is 1. The van der Waals surface area contributed by atoms with Crippen LogP contribution in [-0.4, -0.2) is 33.7 Å². The van der Waals surface area contributed by atoms with Gasteiger partial charge in [-0.1, -0.05) is 19.3 Å². The second-order valence-corrected chi connectivity index (χ2v) is 5.30. The molecule has 1 aliphatic rings. The molecular weight excluding hydrogens is 246 g/mol. The zero-order chi connectivity index (χ0) is 13.7. The van der Waals surface area contributed by atoms with Gasteiger partial charge < -0.3 is 10.4 Å². The quantitative estimate of drug-likeness (QED) is 0.753. The molecule has 0 aromatic carbocycles. The lowest BCUT2D eigenvalue weighted by Crippen LogP contribution is -2.40. The highest BCUT2D eigenvalue weighted by Gasteiger charge is 2.34. The predicted molar refractivity (Wildman–Crippen MR) is 68.7 cm³/mol. The Kier molecular flexibility index (Phi) is 4.19. The van der Waals surface area contributed by atoms with Gasteiger partial charge in [0.05, 0.1) is 18.2 Å². The monoisotopic (exact) mass is 265 g/mol. The molecule has 104 valence electrons. The third-order valence-electron chi connectivity index (χ3n) is 3.82. The van der Waals surface area contributed by atoms with Crippen molar-refractivity contribution in [1.82, 2.24) is 15.5 Å². The normalized spacial score (nSPS) is 17.9. The number of aromatic nitrogens is 2. The molecule has 0 saturated heterocycles. The molecule has 1 saturated carbocycles. The number of nitrogens with one attached hydrogen (secondary N) is 2. The number of nitrogens with zero attached hydrogens (tertiary/aromatic N) is 1. The van der Waals surface area contributed by atoms with Crippen LogP contribution in [0, 0.1) is 5.41 Å². The van der Waals surface area contributed by atoms with E-state index in [1.54, 1.807) is 0 Å². The van der Waals surface area contributed by atoms with Crippen molar-refractivity contribution in [3.8, 4) is 0 Å². The Labute approximate surface area is 111 Å². The van der Waals surface area contributed by atoms with Crippen LogP contribution in [0.5, 0.6) is 0 Å². The van der Waals surface area contributed by atoms with E-state index in [1.165, 1.54) is 12.4 Å². The number of H-pyrrole nitrogens is 1. The first-order valence-electron chi connectivity index (χ1n) is 6.60. The second-order valence-electron chi connectivity index (χ2n) is 5.30. The summed E-state index contributed by atoms with van der Waals surface area (Å²) in [4.78, 5) is 22.9. The van der Waals surface area contributed by atoms with Gasteiger partial charge in [0.1, 0.15) is 0 Å². The van der Waals surface area contributed by atoms with E-state index < -0.39 is 5.97 Å². The molecule has 0 radical (unpaired) electrons. The molecule has 0 atom stereocenters. The third kappa shape index (κ3) is 3.56. The first kappa shape index (κ1) is 13.6. The van der Waals surface area contributed by atoms with Gasteiger partial charge in [0, 0.05) is 12.7 Å². The van der Waals surface area contributed by atoms with Crippen LogP contribution in [0.3, 0.4) is 0 Å². The van der Waals surface area contributed by atoms with Crippen molar-refractivity contribution in [2.45, 2.75) is 38.5 Å². The minimum Gasteiger partial charge on any atom is -0.481 e. The topological polar surface area (TPSA) is 95.1 Å². The number of carboxylic acids is 1. The van der Waals surface area contributed by atoms with Crippen LogP contribution in [0.4, 0.5) is 0 Å². The Hall–Kier alpha value is -1.85. The van der Waals surface area contributed by atoms with E-state index in [4.69, 9.17) is 5.11 Å². The molecule has 1 fully saturated rings. The van der Waals surface area contributed by atoms with Gasteiger partial charge >= 0.3 is 5.97 Å². The number of carboxylic acid groups (broad SMARTS) is 1. The lowest BCUT2D eigenvalue weighted by molar-refractivity contribution is -0.140. The second kappa shape index (κ2) is 5.86. The fraction of sp³-hybridized carbons (Fsp3) is 0.615. The van der Waals surface area contributed by atoms with Crippen molar-refractivity contribution in [1.29, 1.82) is 0 Å². The zero-order valence-electron chi connectivity index (χ0n) is 10.8. The smallest absolute Gasteiger partial charge is 0.303 e. The van der Waals surface area contributed by atoms with Crippen molar-refractivity contribution < 1.29 is 14.7 Å². The molecular formula is C13H19N3O3. The molecule has 6 heteroatoms. The van der Waals surface area contributed by atoms with E-state index in [0.717, 1.165) is 32.1 Å². The number of aliphatic carboxylic acids is 1. The first-order valence-corrected chi connectivity index (χ1v) is 6.60. The highest BCUT2D eigenvalue weighted by atomic mass is 16.4. The number of hydrogen-bond acceptors (Lipinski definition) is 3. The van der Waals surface area contributed by atoms with Gasteiger partial charge in [-0.2, -0.15) is 5.10 Å². The van der Waals surface area contributed by atoms with E-state index in [-0.39, 0.29) is 17.7 Å². The molecule has 0 bridgehead atoms. The summed E-state index contributed by atoms with van der Waals surface area (Å²) in [6.45, 7) is 0.420. The molecule has 2 rings (SSSR count). The van der Waals surface area contributed by atoms with E-state index in [2.05, 4.69) is 15.5 Å². The molecule has 6 nitrogen and oxygen atoms in total. The SMILES string of the molecule is O=C(O)CC1(CNC(=O)c2cn[nH]c2)CCCCC1. The van der Waals surface area contributed by atoms with Gasteiger partial charge in [-0.25, -0.2) is 0 Å². The van der Waals surface area contributed by atoms with E-state index in [9.17, 15) is 9.59 Å². The van der Waals surface area contributed by atoms with Crippen molar-refractivity contribution in [3.05, 3.63) is 18.0 Å². The van der Waals surface area contributed by atoms with E-state index in [1.807, 2.05) is 0 Å². The average molecular weight is 265 g/mol. The number of carbonyl (C=O) groups excluding carboxylic acids is 1. The molecule has 1 aromatic heterocycles. The Morgan fingerprint density at radius 3 is 2.68 bits per heavy atom. The molecule has 1 aromatic rings. The average Bonchev–Trinajstić information content (AvgIpc) is 2.90. The maximum absolute atomic E-state index is 11.9. The molecule has 1 amide bonds. The molecule has 0 aliphatic heterocycles. The van der Waals surface area contributed by atoms with Crippen LogP contribution in [0.1, 0.15) is 48.9 Å². The van der Waals surface area contributed by atoms with E-state index in [0.29, 0.717) is 12.1 Å². The van der Waals surface area contributed by atoms with Crippen LogP contribution < -0.4 is 5.32 Å². The number of hydrogen-bond donors (Lipinski definition) is 3. The largest absolute Gasteiger partial charge is 0.481 e. The summed E-state index contributed by atoms with van der Waals surface area (Å²) in [7, 11) is 0. The van der Waals surface area contributed by atoms with Crippen molar-refractivity contribution in [2.75, 3.05) is 6.54 Å². The van der Waals surface area contributed by atoms with Crippen LogP contribution >= 0.6 is 0 Å². The van der Waals surface area contributed by atoms with Crippen molar-refractivity contribution in [3.63, 3.8) is 0 Å². The number of amides is 1. The summed E-state index contributed by atoms with van der Waals surface area (Å²) in [5.74, 6) is -0.997. The lowest BCUT2D eigenvalue weighted by atomic mass is 9.71. The maximum Gasteiger partial charge on any atom is 0.303 e. The van der Waals surface area contributed by atoms with Crippen LogP contribution in [0.2, 0.25) is 0 Å². The van der Waals surface area contributed by atoms with Crippen molar-refractivity contribution in [2.24, 2.45) is 5.41 Å². The van der Waals surface area contributed by atoms with Crippen molar-refractivity contribution >= 4 is 11.9 Å². The summed E-state index contributed by atoms with van der Waals surface area (Å²) in [6.07, 6.45) is 8.06. The molecule has 1 aliphatic carbocycles. The highest BCUT2D eigenvalue weighted by Crippen LogP contribution is 2.38. The minimum absolute atomic E-state index is 0.124. The standard InChI is InChI=1S/C13H19N3O3/c17-11(18)6-13(4-2-1-3-5-13)9-14-12(19)10-7-15-16-8-10/h7-8H,1-6,9H2,(H,14,19)(H,15,16)(H,17,18). The van der Waals surface area contributed by atoms with Crippen LogP contribution in [-0.2, 0) is 4.79 Å².